The molecule has 1 heteroatoms. The van der Waals surface area contributed by atoms with Gasteiger partial charge in [-0.05, 0) is 49.3 Å². The topological polar surface area (TPSA) is 12.0 Å². The molecule has 0 aliphatic heterocycles. The van der Waals surface area contributed by atoms with E-state index < -0.39 is 0 Å². The van der Waals surface area contributed by atoms with Crippen molar-refractivity contribution in [2.24, 2.45) is 11.8 Å². The van der Waals surface area contributed by atoms with Gasteiger partial charge in [0.05, 0.1) is 0 Å². The number of rotatable bonds is 4. The standard InChI is InChI=1S/C24H27N/c1-3-7-19(8-4-1)21-11-15-23(16-12-21)25-24-17-13-22(14-18-24)20-9-5-2-6-10-20/h1,3-5,7,9-13,15,17-19,22-23,25H,2,6,8,14,16H2. The zero-order valence-electron chi connectivity index (χ0n) is 14.8. The molecule has 128 valence electrons. The lowest BCUT2D eigenvalue weighted by Gasteiger charge is -2.25. The second-order valence-electron chi connectivity index (χ2n) is 7.25. The van der Waals surface area contributed by atoms with Crippen molar-refractivity contribution in [2.45, 2.75) is 38.1 Å². The van der Waals surface area contributed by atoms with Gasteiger partial charge in [-0.15, -0.1) is 0 Å². The minimum absolute atomic E-state index is 0.410. The van der Waals surface area contributed by atoms with E-state index in [-0.39, 0.29) is 0 Å². The Labute approximate surface area is 151 Å². The molecule has 25 heavy (non-hydrogen) atoms. The zero-order chi connectivity index (χ0) is 16.9. The molecule has 0 aromatic rings. The van der Waals surface area contributed by atoms with Crippen LogP contribution in [-0.2, 0) is 0 Å². The summed E-state index contributed by atoms with van der Waals surface area (Å²) in [7, 11) is 0. The summed E-state index contributed by atoms with van der Waals surface area (Å²) in [6, 6.07) is 0.410. The van der Waals surface area contributed by atoms with Crippen molar-refractivity contribution in [3.05, 3.63) is 95.8 Å². The maximum Gasteiger partial charge on any atom is 0.0482 e. The van der Waals surface area contributed by atoms with E-state index in [9.17, 15) is 0 Å². The lowest BCUT2D eigenvalue weighted by atomic mass is 9.87. The highest BCUT2D eigenvalue weighted by atomic mass is 14.9. The Hall–Kier alpha value is -2.28. The summed E-state index contributed by atoms with van der Waals surface area (Å²) in [6.07, 6.45) is 35.6. The number of nitrogens with one attached hydrogen (secondary N) is 1. The highest BCUT2D eigenvalue weighted by Gasteiger charge is 2.17. The molecule has 0 saturated heterocycles. The maximum atomic E-state index is 3.68. The van der Waals surface area contributed by atoms with E-state index >= 15 is 0 Å². The van der Waals surface area contributed by atoms with Gasteiger partial charge < -0.3 is 5.32 Å². The lowest BCUT2D eigenvalue weighted by Crippen LogP contribution is -2.28. The Morgan fingerprint density at radius 1 is 0.680 bits per heavy atom. The Morgan fingerprint density at radius 2 is 1.60 bits per heavy atom. The summed E-state index contributed by atoms with van der Waals surface area (Å²) in [4.78, 5) is 0. The molecular formula is C24H27N. The molecule has 0 amide bonds. The van der Waals surface area contributed by atoms with E-state index in [1.165, 1.54) is 29.7 Å². The molecule has 0 saturated carbocycles. The molecule has 1 nitrogen and oxygen atoms in total. The second-order valence-corrected chi connectivity index (χ2v) is 7.25. The third kappa shape index (κ3) is 4.04. The van der Waals surface area contributed by atoms with Crippen LogP contribution in [0.2, 0.25) is 0 Å². The molecule has 0 aromatic heterocycles. The van der Waals surface area contributed by atoms with Gasteiger partial charge in [-0.1, -0.05) is 72.9 Å². The van der Waals surface area contributed by atoms with Crippen LogP contribution in [0.25, 0.3) is 0 Å². The SMILES string of the molecule is C1=CCC(C2=CCC(NC3=CCC(C4=CCCC=C4)C=C3)C=C2)C=C1. The van der Waals surface area contributed by atoms with Crippen LogP contribution in [0.15, 0.2) is 95.8 Å². The van der Waals surface area contributed by atoms with Gasteiger partial charge in [0.1, 0.15) is 0 Å². The van der Waals surface area contributed by atoms with Crippen molar-refractivity contribution in [3.63, 3.8) is 0 Å². The predicted molar refractivity (Wildman–Crippen MR) is 107 cm³/mol. The minimum Gasteiger partial charge on any atom is -0.379 e. The fourth-order valence-corrected chi connectivity index (χ4v) is 3.94. The highest BCUT2D eigenvalue weighted by molar-refractivity contribution is 5.36. The van der Waals surface area contributed by atoms with Gasteiger partial charge >= 0.3 is 0 Å². The fraction of sp³-hybridized carbons (Fsp3) is 0.333. The van der Waals surface area contributed by atoms with Crippen molar-refractivity contribution < 1.29 is 0 Å². The van der Waals surface area contributed by atoms with Gasteiger partial charge in [0, 0.05) is 23.6 Å². The highest BCUT2D eigenvalue weighted by Crippen LogP contribution is 2.28. The van der Waals surface area contributed by atoms with Gasteiger partial charge in [0.25, 0.3) is 0 Å². The summed E-state index contributed by atoms with van der Waals surface area (Å²) < 4.78 is 0. The molecule has 0 aromatic carbocycles. The van der Waals surface area contributed by atoms with Gasteiger partial charge in [0.15, 0.2) is 0 Å². The molecule has 4 aliphatic carbocycles. The van der Waals surface area contributed by atoms with Crippen LogP contribution >= 0.6 is 0 Å². The third-order valence-corrected chi connectivity index (χ3v) is 5.44. The third-order valence-electron chi connectivity index (χ3n) is 5.44. The molecular weight excluding hydrogens is 302 g/mol. The first-order valence-corrected chi connectivity index (χ1v) is 9.61. The van der Waals surface area contributed by atoms with Gasteiger partial charge in [-0.25, -0.2) is 0 Å². The first-order valence-electron chi connectivity index (χ1n) is 9.61. The molecule has 0 heterocycles. The Morgan fingerprint density at radius 3 is 2.28 bits per heavy atom. The van der Waals surface area contributed by atoms with E-state index in [2.05, 4.69) is 84.3 Å². The van der Waals surface area contributed by atoms with Crippen molar-refractivity contribution in [1.29, 1.82) is 0 Å². The van der Waals surface area contributed by atoms with Crippen molar-refractivity contribution in [3.8, 4) is 0 Å². The second kappa shape index (κ2) is 7.74. The predicted octanol–water partition coefficient (Wildman–Crippen LogP) is 5.70. The van der Waals surface area contributed by atoms with Crippen LogP contribution < -0.4 is 5.32 Å². The summed E-state index contributed by atoms with van der Waals surface area (Å²) in [5.74, 6) is 1.12. The minimum atomic E-state index is 0.410. The van der Waals surface area contributed by atoms with Crippen LogP contribution in [0, 0.1) is 11.8 Å². The van der Waals surface area contributed by atoms with Crippen LogP contribution in [0.1, 0.15) is 32.1 Å². The maximum absolute atomic E-state index is 3.68. The molecule has 1 N–H and O–H groups in total. The van der Waals surface area contributed by atoms with Crippen molar-refractivity contribution in [1.82, 2.24) is 5.32 Å². The number of hydrogen-bond acceptors (Lipinski definition) is 1. The molecule has 0 bridgehead atoms. The average molecular weight is 329 g/mol. The molecule has 3 unspecified atom stereocenters. The summed E-state index contributed by atoms with van der Waals surface area (Å²) >= 11 is 0. The van der Waals surface area contributed by atoms with E-state index in [0.717, 1.165) is 19.3 Å². The normalized spacial score (nSPS) is 30.7. The number of allylic oxidation sites excluding steroid dienone is 13. The molecule has 4 aliphatic rings. The Balaban J connectivity index is 1.30. The average Bonchev–Trinajstić information content (AvgIpc) is 2.71. The van der Waals surface area contributed by atoms with Gasteiger partial charge in [-0.3, -0.25) is 0 Å². The smallest absolute Gasteiger partial charge is 0.0482 e. The number of hydrogen-bond donors (Lipinski definition) is 1. The quantitative estimate of drug-likeness (QED) is 0.697. The lowest BCUT2D eigenvalue weighted by molar-refractivity contribution is 0.652. The first kappa shape index (κ1) is 16.2. The summed E-state index contributed by atoms with van der Waals surface area (Å²) in [5.41, 5.74) is 4.21. The molecule has 0 fully saturated rings. The summed E-state index contributed by atoms with van der Waals surface area (Å²) in [6.45, 7) is 0. The van der Waals surface area contributed by atoms with E-state index in [1.54, 1.807) is 0 Å². The Kier molecular flexibility index (Phi) is 5.01. The molecule has 0 radical (unpaired) electrons. The fourth-order valence-electron chi connectivity index (χ4n) is 3.94. The van der Waals surface area contributed by atoms with Gasteiger partial charge in [-0.2, -0.15) is 0 Å². The largest absolute Gasteiger partial charge is 0.379 e. The van der Waals surface area contributed by atoms with E-state index in [4.69, 9.17) is 0 Å². The van der Waals surface area contributed by atoms with E-state index in [1.807, 2.05) is 0 Å². The van der Waals surface area contributed by atoms with E-state index in [0.29, 0.717) is 17.9 Å². The first-order chi connectivity index (χ1) is 12.4. The monoisotopic (exact) mass is 329 g/mol. The van der Waals surface area contributed by atoms with Crippen LogP contribution in [0.5, 0.6) is 0 Å². The Bertz CT molecular complexity index is 736. The summed E-state index contributed by atoms with van der Waals surface area (Å²) in [5, 5.41) is 3.68. The zero-order valence-corrected chi connectivity index (χ0v) is 14.8. The molecule has 0 spiro atoms. The van der Waals surface area contributed by atoms with Crippen LogP contribution in [0.4, 0.5) is 0 Å². The molecule has 4 rings (SSSR count). The van der Waals surface area contributed by atoms with Gasteiger partial charge in [0.2, 0.25) is 0 Å². The van der Waals surface area contributed by atoms with Crippen molar-refractivity contribution >= 4 is 0 Å². The molecule has 3 atom stereocenters. The van der Waals surface area contributed by atoms with Crippen molar-refractivity contribution in [2.75, 3.05) is 0 Å². The van der Waals surface area contributed by atoms with Crippen LogP contribution in [-0.4, -0.2) is 6.04 Å². The van der Waals surface area contributed by atoms with Crippen LogP contribution in [0.3, 0.4) is 0 Å².